The largest absolute Gasteiger partial charge is 0.480 e. The first kappa shape index (κ1) is 15.8. The maximum Gasteiger partial charge on any atom is 0.200 e. The summed E-state index contributed by atoms with van der Waals surface area (Å²) in [5, 5.41) is 3.14. The van der Waals surface area contributed by atoms with Crippen molar-refractivity contribution in [3.8, 4) is 5.75 Å². The van der Waals surface area contributed by atoms with E-state index in [1.807, 2.05) is 0 Å². The minimum Gasteiger partial charge on any atom is -0.480 e. The standard InChI is InChI=1S/C17H16F3NO2/c18-12-4-1-3-11(9-12)17(15-10-21-7-8-22-15)23-14-6-2-5-13(19)16(14)20/h1-6,9,15,17,21H,7-8,10H2/t15?,17-/m0/s1. The fraction of sp³-hybridized carbons (Fsp3) is 0.294. The molecule has 1 aliphatic heterocycles. The molecule has 0 radical (unpaired) electrons. The van der Waals surface area contributed by atoms with Crippen LogP contribution < -0.4 is 10.1 Å². The number of nitrogens with one attached hydrogen (secondary N) is 1. The van der Waals surface area contributed by atoms with Gasteiger partial charge in [-0.15, -0.1) is 0 Å². The van der Waals surface area contributed by atoms with Crippen LogP contribution in [0, 0.1) is 17.5 Å². The molecule has 1 aliphatic rings. The molecular formula is C17H16F3NO2. The highest BCUT2D eigenvalue weighted by molar-refractivity contribution is 5.28. The zero-order chi connectivity index (χ0) is 16.2. The monoisotopic (exact) mass is 323 g/mol. The SMILES string of the molecule is Fc1cccc([C@H](Oc2cccc(F)c2F)C2CNCCO2)c1. The van der Waals surface area contributed by atoms with Gasteiger partial charge in [-0.2, -0.15) is 4.39 Å². The van der Waals surface area contributed by atoms with Crippen LogP contribution in [0.25, 0.3) is 0 Å². The third-order valence-electron chi connectivity index (χ3n) is 3.64. The summed E-state index contributed by atoms with van der Waals surface area (Å²) in [5.41, 5.74) is 0.502. The van der Waals surface area contributed by atoms with Crippen molar-refractivity contribution in [2.45, 2.75) is 12.2 Å². The molecule has 3 nitrogen and oxygen atoms in total. The highest BCUT2D eigenvalue weighted by atomic mass is 19.2. The Morgan fingerprint density at radius 1 is 1.13 bits per heavy atom. The van der Waals surface area contributed by atoms with E-state index in [4.69, 9.17) is 9.47 Å². The maximum absolute atomic E-state index is 13.9. The lowest BCUT2D eigenvalue weighted by Gasteiger charge is -2.31. The summed E-state index contributed by atoms with van der Waals surface area (Å²) in [7, 11) is 0. The molecule has 1 N–H and O–H groups in total. The van der Waals surface area contributed by atoms with E-state index in [-0.39, 0.29) is 5.75 Å². The molecule has 2 aromatic carbocycles. The number of morpholine rings is 1. The van der Waals surface area contributed by atoms with E-state index in [0.717, 1.165) is 6.07 Å². The van der Waals surface area contributed by atoms with Crippen molar-refractivity contribution in [1.29, 1.82) is 0 Å². The predicted molar refractivity (Wildman–Crippen MR) is 78.7 cm³/mol. The smallest absolute Gasteiger partial charge is 0.200 e. The van der Waals surface area contributed by atoms with Crippen LogP contribution in [0.1, 0.15) is 11.7 Å². The third kappa shape index (κ3) is 3.65. The molecule has 2 atom stereocenters. The van der Waals surface area contributed by atoms with Crippen molar-refractivity contribution >= 4 is 0 Å². The first-order valence-corrected chi connectivity index (χ1v) is 7.33. The minimum atomic E-state index is -1.07. The van der Waals surface area contributed by atoms with Crippen LogP contribution in [0.5, 0.6) is 5.75 Å². The van der Waals surface area contributed by atoms with Crippen molar-refractivity contribution < 1.29 is 22.6 Å². The summed E-state index contributed by atoms with van der Waals surface area (Å²) in [6.07, 6.45) is -1.19. The number of halogens is 3. The number of rotatable bonds is 4. The summed E-state index contributed by atoms with van der Waals surface area (Å²) in [6.45, 7) is 1.63. The van der Waals surface area contributed by atoms with Crippen molar-refractivity contribution in [3.05, 3.63) is 65.5 Å². The normalized spacial score (nSPS) is 19.3. The highest BCUT2D eigenvalue weighted by Crippen LogP contribution is 2.30. The minimum absolute atomic E-state index is 0.228. The third-order valence-corrected chi connectivity index (χ3v) is 3.64. The summed E-state index contributed by atoms with van der Waals surface area (Å²) in [4.78, 5) is 0. The van der Waals surface area contributed by atoms with Gasteiger partial charge in [0.2, 0.25) is 5.82 Å². The Morgan fingerprint density at radius 2 is 1.96 bits per heavy atom. The quantitative estimate of drug-likeness (QED) is 0.937. The molecule has 0 aliphatic carbocycles. The van der Waals surface area contributed by atoms with Crippen molar-refractivity contribution in [2.24, 2.45) is 0 Å². The van der Waals surface area contributed by atoms with Gasteiger partial charge in [-0.05, 0) is 29.8 Å². The lowest BCUT2D eigenvalue weighted by atomic mass is 10.0. The highest BCUT2D eigenvalue weighted by Gasteiger charge is 2.29. The molecule has 0 bridgehead atoms. The summed E-state index contributed by atoms with van der Waals surface area (Å²) >= 11 is 0. The molecular weight excluding hydrogens is 307 g/mol. The Labute approximate surface area is 132 Å². The van der Waals surface area contributed by atoms with Crippen LogP contribution in [0.3, 0.4) is 0 Å². The molecule has 1 fully saturated rings. The molecule has 0 saturated carbocycles. The van der Waals surface area contributed by atoms with Gasteiger partial charge in [-0.3, -0.25) is 0 Å². The van der Waals surface area contributed by atoms with E-state index in [0.29, 0.717) is 25.3 Å². The molecule has 6 heteroatoms. The summed E-state index contributed by atoms with van der Waals surface area (Å²) < 4.78 is 52.1. The molecule has 3 rings (SSSR count). The van der Waals surface area contributed by atoms with Gasteiger partial charge in [0.25, 0.3) is 0 Å². The molecule has 1 unspecified atom stereocenters. The number of ether oxygens (including phenoxy) is 2. The zero-order valence-corrected chi connectivity index (χ0v) is 12.3. The maximum atomic E-state index is 13.9. The van der Waals surface area contributed by atoms with E-state index in [2.05, 4.69) is 5.32 Å². The van der Waals surface area contributed by atoms with Crippen LogP contribution in [-0.4, -0.2) is 25.8 Å². The van der Waals surface area contributed by atoms with Gasteiger partial charge >= 0.3 is 0 Å². The van der Waals surface area contributed by atoms with E-state index < -0.39 is 29.7 Å². The topological polar surface area (TPSA) is 30.5 Å². The van der Waals surface area contributed by atoms with Crippen molar-refractivity contribution in [2.75, 3.05) is 19.7 Å². The first-order chi connectivity index (χ1) is 11.1. The van der Waals surface area contributed by atoms with Crippen LogP contribution in [0.2, 0.25) is 0 Å². The Bertz CT molecular complexity index is 675. The Hall–Kier alpha value is -2.05. The molecule has 0 spiro atoms. The van der Waals surface area contributed by atoms with E-state index >= 15 is 0 Å². The van der Waals surface area contributed by atoms with Gasteiger partial charge in [0.1, 0.15) is 11.9 Å². The van der Waals surface area contributed by atoms with Gasteiger partial charge in [0.15, 0.2) is 17.7 Å². The zero-order valence-electron chi connectivity index (χ0n) is 12.3. The average Bonchev–Trinajstić information content (AvgIpc) is 2.57. The Morgan fingerprint density at radius 3 is 2.70 bits per heavy atom. The molecule has 2 aromatic rings. The second-order valence-corrected chi connectivity index (χ2v) is 5.26. The van der Waals surface area contributed by atoms with Crippen molar-refractivity contribution in [3.63, 3.8) is 0 Å². The Kier molecular flexibility index (Phi) is 4.83. The van der Waals surface area contributed by atoms with Crippen LogP contribution in [0.4, 0.5) is 13.2 Å². The number of hydrogen-bond donors (Lipinski definition) is 1. The van der Waals surface area contributed by atoms with Gasteiger partial charge in [0.05, 0.1) is 6.61 Å². The van der Waals surface area contributed by atoms with Crippen LogP contribution >= 0.6 is 0 Å². The van der Waals surface area contributed by atoms with Gasteiger partial charge < -0.3 is 14.8 Å². The fourth-order valence-electron chi connectivity index (χ4n) is 2.53. The molecule has 1 heterocycles. The van der Waals surface area contributed by atoms with Gasteiger partial charge in [0, 0.05) is 13.1 Å². The predicted octanol–water partition coefficient (Wildman–Crippen LogP) is 3.21. The number of hydrogen-bond acceptors (Lipinski definition) is 3. The second kappa shape index (κ2) is 7.02. The first-order valence-electron chi connectivity index (χ1n) is 7.33. The average molecular weight is 323 g/mol. The van der Waals surface area contributed by atoms with E-state index in [9.17, 15) is 13.2 Å². The van der Waals surface area contributed by atoms with E-state index in [1.54, 1.807) is 12.1 Å². The van der Waals surface area contributed by atoms with Crippen molar-refractivity contribution in [1.82, 2.24) is 5.32 Å². The second-order valence-electron chi connectivity index (χ2n) is 5.26. The molecule has 0 aromatic heterocycles. The summed E-state index contributed by atoms with van der Waals surface area (Å²) in [6, 6.07) is 9.53. The van der Waals surface area contributed by atoms with E-state index in [1.165, 1.54) is 24.3 Å². The Balaban J connectivity index is 1.92. The fourth-order valence-corrected chi connectivity index (χ4v) is 2.53. The lowest BCUT2D eigenvalue weighted by molar-refractivity contribution is -0.0444. The van der Waals surface area contributed by atoms with Gasteiger partial charge in [-0.25, -0.2) is 8.78 Å². The molecule has 122 valence electrons. The summed E-state index contributed by atoms with van der Waals surface area (Å²) in [5.74, 6) is -2.73. The van der Waals surface area contributed by atoms with Crippen LogP contribution in [-0.2, 0) is 4.74 Å². The number of benzene rings is 2. The molecule has 0 amide bonds. The van der Waals surface area contributed by atoms with Crippen LogP contribution in [0.15, 0.2) is 42.5 Å². The molecule has 1 saturated heterocycles. The lowest BCUT2D eigenvalue weighted by Crippen LogP contribution is -2.43. The van der Waals surface area contributed by atoms with Gasteiger partial charge in [-0.1, -0.05) is 18.2 Å². The molecule has 23 heavy (non-hydrogen) atoms.